The number of nitrogens with one attached hydrogen (secondary N) is 1. The molecule has 136 valence electrons. The van der Waals surface area contributed by atoms with Crippen LogP contribution in [0.1, 0.15) is 18.1 Å². The molecule has 1 aliphatic heterocycles. The summed E-state index contributed by atoms with van der Waals surface area (Å²) in [6.07, 6.45) is 1.90. The van der Waals surface area contributed by atoms with Crippen LogP contribution >= 0.6 is 11.8 Å². The molecule has 1 atom stereocenters. The van der Waals surface area contributed by atoms with Crippen molar-refractivity contribution in [1.82, 2.24) is 14.8 Å². The molecule has 2 heterocycles. The summed E-state index contributed by atoms with van der Waals surface area (Å²) in [6, 6.07) is 17.3. The fraction of sp³-hybridized carbons (Fsp3) is 0.158. The number of benzene rings is 2. The van der Waals surface area contributed by atoms with Crippen LogP contribution in [0.3, 0.4) is 0 Å². The Morgan fingerprint density at radius 2 is 1.96 bits per heavy atom. The molecule has 1 amide bonds. The van der Waals surface area contributed by atoms with E-state index in [2.05, 4.69) is 20.7 Å². The van der Waals surface area contributed by atoms with Gasteiger partial charge >= 0.3 is 0 Å². The highest BCUT2D eigenvalue weighted by Crippen LogP contribution is 2.28. The van der Waals surface area contributed by atoms with Gasteiger partial charge in [-0.2, -0.15) is 0 Å². The van der Waals surface area contributed by atoms with Crippen LogP contribution in [0, 0.1) is 0 Å². The lowest BCUT2D eigenvalue weighted by atomic mass is 10.0. The first-order chi connectivity index (χ1) is 13.2. The van der Waals surface area contributed by atoms with Crippen LogP contribution in [0.15, 0.2) is 76.1 Å². The number of oxime groups is 1. The van der Waals surface area contributed by atoms with Gasteiger partial charge in [0, 0.05) is 24.1 Å². The second-order valence-corrected chi connectivity index (χ2v) is 7.09. The lowest BCUT2D eigenvalue weighted by molar-refractivity contribution is -0.110. The smallest absolute Gasteiger partial charge is 0.273 e. The Balaban J connectivity index is 1.35. The summed E-state index contributed by atoms with van der Waals surface area (Å²) in [6.45, 7) is 0. The number of rotatable bonds is 5. The van der Waals surface area contributed by atoms with Crippen molar-refractivity contribution in [2.24, 2.45) is 12.2 Å². The highest BCUT2D eigenvalue weighted by molar-refractivity contribution is 7.99. The van der Waals surface area contributed by atoms with Crippen molar-refractivity contribution in [2.45, 2.75) is 22.6 Å². The van der Waals surface area contributed by atoms with Gasteiger partial charge < -0.3 is 14.7 Å². The molecule has 0 bridgehead atoms. The highest BCUT2D eigenvalue weighted by Gasteiger charge is 2.27. The van der Waals surface area contributed by atoms with Crippen LogP contribution in [0.2, 0.25) is 0 Å². The molecule has 27 heavy (non-hydrogen) atoms. The van der Waals surface area contributed by atoms with Crippen molar-refractivity contribution in [3.05, 3.63) is 66.5 Å². The van der Waals surface area contributed by atoms with Crippen molar-refractivity contribution in [3.8, 4) is 0 Å². The third-order valence-electron chi connectivity index (χ3n) is 4.09. The van der Waals surface area contributed by atoms with Crippen molar-refractivity contribution in [1.29, 1.82) is 0 Å². The second-order valence-electron chi connectivity index (χ2n) is 6.05. The number of carbonyl (C=O) groups excluding carboxylic acids is 1. The lowest BCUT2D eigenvalue weighted by Crippen LogP contribution is -2.21. The van der Waals surface area contributed by atoms with Gasteiger partial charge in [-0.1, -0.05) is 35.5 Å². The topological polar surface area (TPSA) is 81.4 Å². The van der Waals surface area contributed by atoms with Crippen molar-refractivity contribution in [2.75, 3.05) is 5.32 Å². The summed E-state index contributed by atoms with van der Waals surface area (Å²) in [5.74, 6) is -0.248. The Kier molecular flexibility index (Phi) is 4.88. The third-order valence-corrected chi connectivity index (χ3v) is 5.15. The Morgan fingerprint density at radius 3 is 2.67 bits per heavy atom. The largest absolute Gasteiger partial charge is 0.387 e. The van der Waals surface area contributed by atoms with Gasteiger partial charge in [0.25, 0.3) is 5.91 Å². The first kappa shape index (κ1) is 17.3. The standard InChI is InChI=1S/C19H17N5O2S/c1-24-12-20-22-19(24)27-15-9-7-14(8-10-15)21-18(25)16-11-17(26-23-16)13-5-3-2-4-6-13/h2-10,12,17H,11H2,1H3,(H,21,25). The van der Waals surface area contributed by atoms with E-state index in [1.54, 1.807) is 6.33 Å². The molecule has 7 nitrogen and oxygen atoms in total. The van der Waals surface area contributed by atoms with Crippen LogP contribution < -0.4 is 5.32 Å². The minimum Gasteiger partial charge on any atom is -0.387 e. The SMILES string of the molecule is Cn1cnnc1Sc1ccc(NC(=O)C2=NOC(c3ccccc3)C2)cc1. The first-order valence-corrected chi connectivity index (χ1v) is 9.21. The Morgan fingerprint density at radius 1 is 1.19 bits per heavy atom. The van der Waals surface area contributed by atoms with Crippen molar-refractivity contribution < 1.29 is 9.63 Å². The van der Waals surface area contributed by atoms with Gasteiger partial charge in [0.05, 0.1) is 0 Å². The van der Waals surface area contributed by atoms with Gasteiger partial charge in [-0.05, 0) is 41.6 Å². The molecule has 1 aromatic heterocycles. The molecule has 3 aromatic rings. The monoisotopic (exact) mass is 379 g/mol. The summed E-state index contributed by atoms with van der Waals surface area (Å²) in [5.41, 5.74) is 2.10. The third kappa shape index (κ3) is 4.01. The summed E-state index contributed by atoms with van der Waals surface area (Å²) < 4.78 is 1.85. The predicted octanol–water partition coefficient (Wildman–Crippen LogP) is 3.42. The molecular formula is C19H17N5O2S. The van der Waals surface area contributed by atoms with E-state index in [9.17, 15) is 4.79 Å². The summed E-state index contributed by atoms with van der Waals surface area (Å²) in [4.78, 5) is 18.8. The van der Waals surface area contributed by atoms with Gasteiger partial charge in [0.1, 0.15) is 12.0 Å². The summed E-state index contributed by atoms with van der Waals surface area (Å²) >= 11 is 1.50. The van der Waals surface area contributed by atoms with Crippen LogP contribution in [0.5, 0.6) is 0 Å². The highest BCUT2D eigenvalue weighted by atomic mass is 32.2. The number of hydrogen-bond donors (Lipinski definition) is 1. The molecule has 1 aliphatic rings. The van der Waals surface area contributed by atoms with Gasteiger partial charge in [-0.15, -0.1) is 10.2 Å². The van der Waals surface area contributed by atoms with Crippen molar-refractivity contribution >= 4 is 29.1 Å². The fourth-order valence-corrected chi connectivity index (χ4v) is 3.40. The van der Waals surface area contributed by atoms with E-state index in [-0.39, 0.29) is 12.0 Å². The predicted molar refractivity (Wildman–Crippen MR) is 103 cm³/mol. The minimum atomic E-state index is -0.248. The lowest BCUT2D eigenvalue weighted by Gasteiger charge is -2.08. The molecule has 1 unspecified atom stereocenters. The Hall–Kier alpha value is -3.13. The first-order valence-electron chi connectivity index (χ1n) is 8.40. The molecule has 1 N–H and O–H groups in total. The van der Waals surface area contributed by atoms with Gasteiger partial charge in [0.2, 0.25) is 0 Å². The molecule has 8 heteroatoms. The van der Waals surface area contributed by atoms with Crippen LogP contribution in [0.4, 0.5) is 5.69 Å². The van der Waals surface area contributed by atoms with E-state index in [0.717, 1.165) is 15.6 Å². The molecule has 0 fully saturated rings. The molecule has 0 saturated heterocycles. The van der Waals surface area contributed by atoms with Crippen molar-refractivity contribution in [3.63, 3.8) is 0 Å². The number of aryl methyl sites for hydroxylation is 1. The van der Waals surface area contributed by atoms with Gasteiger partial charge in [-0.3, -0.25) is 4.79 Å². The summed E-state index contributed by atoms with van der Waals surface area (Å²) in [7, 11) is 1.89. The molecule has 0 radical (unpaired) electrons. The second kappa shape index (κ2) is 7.63. The Bertz CT molecular complexity index is 969. The zero-order valence-electron chi connectivity index (χ0n) is 14.6. The minimum absolute atomic E-state index is 0.211. The van der Waals surface area contributed by atoms with E-state index < -0.39 is 0 Å². The van der Waals surface area contributed by atoms with Gasteiger partial charge in [0.15, 0.2) is 11.3 Å². The van der Waals surface area contributed by atoms with E-state index in [0.29, 0.717) is 17.8 Å². The number of nitrogens with zero attached hydrogens (tertiary/aromatic N) is 4. The number of hydrogen-bond acceptors (Lipinski definition) is 6. The normalized spacial score (nSPS) is 15.9. The maximum absolute atomic E-state index is 12.4. The molecular weight excluding hydrogens is 362 g/mol. The summed E-state index contributed by atoms with van der Waals surface area (Å²) in [5, 5.41) is 15.5. The maximum atomic E-state index is 12.4. The zero-order valence-corrected chi connectivity index (χ0v) is 15.4. The number of aromatic nitrogens is 3. The van der Waals surface area contributed by atoms with E-state index in [1.807, 2.05) is 66.2 Å². The van der Waals surface area contributed by atoms with Crippen LogP contribution in [0.25, 0.3) is 0 Å². The van der Waals surface area contributed by atoms with Crippen LogP contribution in [-0.2, 0) is 16.7 Å². The molecule has 4 rings (SSSR count). The molecule has 0 aliphatic carbocycles. The Labute approximate surface area is 160 Å². The average Bonchev–Trinajstić information content (AvgIpc) is 3.34. The number of carbonyl (C=O) groups is 1. The molecule has 0 saturated carbocycles. The number of anilines is 1. The average molecular weight is 379 g/mol. The van der Waals surface area contributed by atoms with E-state index in [1.165, 1.54) is 11.8 Å². The van der Waals surface area contributed by atoms with Gasteiger partial charge in [-0.25, -0.2) is 0 Å². The molecule has 0 spiro atoms. The quantitative estimate of drug-likeness (QED) is 0.735. The fourth-order valence-electron chi connectivity index (χ4n) is 2.64. The number of amides is 1. The van der Waals surface area contributed by atoms with E-state index >= 15 is 0 Å². The maximum Gasteiger partial charge on any atom is 0.273 e. The van der Waals surface area contributed by atoms with E-state index in [4.69, 9.17) is 4.84 Å². The zero-order chi connectivity index (χ0) is 18.6. The van der Waals surface area contributed by atoms with Crippen LogP contribution in [-0.4, -0.2) is 26.4 Å². The molecule has 2 aromatic carbocycles.